The van der Waals surface area contributed by atoms with Crippen LogP contribution >= 0.6 is 0 Å². The van der Waals surface area contributed by atoms with Gasteiger partial charge in [0.2, 0.25) is 0 Å². The number of aliphatic hydroxyl groups is 1. The van der Waals surface area contributed by atoms with E-state index in [0.717, 1.165) is 29.7 Å². The van der Waals surface area contributed by atoms with Gasteiger partial charge < -0.3 is 19.5 Å². The van der Waals surface area contributed by atoms with Gasteiger partial charge in [0.05, 0.1) is 12.1 Å². The van der Waals surface area contributed by atoms with Gasteiger partial charge in [-0.1, -0.05) is 17.0 Å². The van der Waals surface area contributed by atoms with E-state index in [-0.39, 0.29) is 5.54 Å². The van der Waals surface area contributed by atoms with E-state index in [1.54, 1.807) is 13.1 Å². The van der Waals surface area contributed by atoms with Crippen molar-refractivity contribution in [2.24, 2.45) is 0 Å². The summed E-state index contributed by atoms with van der Waals surface area (Å²) in [6.45, 7) is 2.19. The van der Waals surface area contributed by atoms with E-state index < -0.39 is 6.10 Å². The van der Waals surface area contributed by atoms with Crippen molar-refractivity contribution in [2.45, 2.75) is 38.0 Å². The lowest BCUT2D eigenvalue weighted by atomic mass is 10.1. The average Bonchev–Trinajstić information content (AvgIpc) is 3.07. The Balaban J connectivity index is 1.47. The number of aromatic nitrogens is 3. The van der Waals surface area contributed by atoms with Gasteiger partial charge in [-0.2, -0.15) is 0 Å². The van der Waals surface area contributed by atoms with Gasteiger partial charge in [0.15, 0.2) is 5.76 Å². The second-order valence-corrected chi connectivity index (χ2v) is 6.93. The molecular formula is C21H22N4O2. The van der Waals surface area contributed by atoms with Gasteiger partial charge in [-0.25, -0.2) is 4.98 Å². The summed E-state index contributed by atoms with van der Waals surface area (Å²) in [6, 6.07) is 9.89. The molecule has 0 saturated heterocycles. The molecule has 1 aliphatic carbocycles. The van der Waals surface area contributed by atoms with Crippen LogP contribution in [0.2, 0.25) is 0 Å². The predicted molar refractivity (Wildman–Crippen MR) is 102 cm³/mol. The lowest BCUT2D eigenvalue weighted by molar-refractivity contribution is 0.184. The third-order valence-electron chi connectivity index (χ3n) is 4.86. The molecule has 1 fully saturated rings. The zero-order valence-electron chi connectivity index (χ0n) is 15.4. The van der Waals surface area contributed by atoms with Crippen LogP contribution in [0.1, 0.15) is 43.0 Å². The summed E-state index contributed by atoms with van der Waals surface area (Å²) in [7, 11) is 1.96. The van der Waals surface area contributed by atoms with Crippen molar-refractivity contribution in [3.05, 3.63) is 59.8 Å². The van der Waals surface area contributed by atoms with E-state index in [9.17, 15) is 5.11 Å². The number of nitrogens with one attached hydrogen (secondary N) is 1. The van der Waals surface area contributed by atoms with Crippen LogP contribution in [0.3, 0.4) is 0 Å². The SMILES string of the molecule is CNC1(C#Cc2ccc(-c3cc(Cn4ccnc4[C@H](C)O)no3)cc2)CC1. The Labute approximate surface area is 158 Å². The Morgan fingerprint density at radius 3 is 2.78 bits per heavy atom. The van der Waals surface area contributed by atoms with Crippen molar-refractivity contribution < 1.29 is 9.63 Å². The minimum absolute atomic E-state index is 0.0245. The van der Waals surface area contributed by atoms with Gasteiger partial charge in [0.1, 0.15) is 17.6 Å². The Hall–Kier alpha value is -2.88. The molecule has 0 amide bonds. The second-order valence-electron chi connectivity index (χ2n) is 6.93. The minimum Gasteiger partial charge on any atom is -0.385 e. The zero-order valence-corrected chi connectivity index (χ0v) is 15.4. The number of hydrogen-bond acceptors (Lipinski definition) is 5. The Bertz CT molecular complexity index is 985. The third-order valence-corrected chi connectivity index (χ3v) is 4.86. The third kappa shape index (κ3) is 3.80. The van der Waals surface area contributed by atoms with E-state index in [2.05, 4.69) is 27.3 Å². The number of hydrogen-bond donors (Lipinski definition) is 2. The first kappa shape index (κ1) is 17.5. The number of aliphatic hydroxyl groups excluding tert-OH is 1. The molecule has 6 heteroatoms. The van der Waals surface area contributed by atoms with Crippen molar-refractivity contribution in [2.75, 3.05) is 7.05 Å². The molecule has 2 N–H and O–H groups in total. The van der Waals surface area contributed by atoms with Crippen LogP contribution in [0, 0.1) is 11.8 Å². The summed E-state index contributed by atoms with van der Waals surface area (Å²) in [5.41, 5.74) is 2.74. The van der Waals surface area contributed by atoms with E-state index in [1.807, 2.05) is 48.1 Å². The van der Waals surface area contributed by atoms with Crippen LogP contribution in [0.5, 0.6) is 0 Å². The number of imidazole rings is 1. The van der Waals surface area contributed by atoms with Crippen LogP contribution in [0.25, 0.3) is 11.3 Å². The normalized spacial score (nSPS) is 15.8. The van der Waals surface area contributed by atoms with Gasteiger partial charge in [-0.15, -0.1) is 0 Å². The maximum atomic E-state index is 9.75. The van der Waals surface area contributed by atoms with Crippen LogP contribution in [0.15, 0.2) is 47.2 Å². The highest BCUT2D eigenvalue weighted by atomic mass is 16.5. The molecule has 2 aromatic heterocycles. The van der Waals surface area contributed by atoms with Crippen molar-refractivity contribution in [1.82, 2.24) is 20.0 Å². The number of benzene rings is 1. The quantitative estimate of drug-likeness (QED) is 0.683. The van der Waals surface area contributed by atoms with Gasteiger partial charge in [0, 0.05) is 29.6 Å². The first-order valence-electron chi connectivity index (χ1n) is 9.06. The topological polar surface area (TPSA) is 76.1 Å². The zero-order chi connectivity index (χ0) is 18.9. The van der Waals surface area contributed by atoms with E-state index in [4.69, 9.17) is 4.52 Å². The smallest absolute Gasteiger partial charge is 0.167 e. The molecule has 4 rings (SSSR count). The lowest BCUT2D eigenvalue weighted by Gasteiger charge is -2.07. The minimum atomic E-state index is -0.627. The molecular weight excluding hydrogens is 340 g/mol. The maximum Gasteiger partial charge on any atom is 0.167 e. The Morgan fingerprint density at radius 1 is 1.33 bits per heavy atom. The Kier molecular flexibility index (Phi) is 4.56. The molecule has 1 aliphatic rings. The molecule has 0 unspecified atom stereocenters. The first-order valence-corrected chi connectivity index (χ1v) is 9.06. The van der Waals surface area contributed by atoms with Crippen molar-refractivity contribution in [3.63, 3.8) is 0 Å². The van der Waals surface area contributed by atoms with E-state index in [0.29, 0.717) is 18.1 Å². The van der Waals surface area contributed by atoms with Gasteiger partial charge >= 0.3 is 0 Å². The fourth-order valence-corrected chi connectivity index (χ4v) is 2.99. The fourth-order valence-electron chi connectivity index (χ4n) is 2.99. The lowest BCUT2D eigenvalue weighted by Crippen LogP contribution is -2.24. The molecule has 1 atom stereocenters. The first-order chi connectivity index (χ1) is 13.1. The van der Waals surface area contributed by atoms with Crippen LogP contribution in [-0.2, 0) is 6.54 Å². The molecule has 0 radical (unpaired) electrons. The molecule has 1 aromatic carbocycles. The molecule has 138 valence electrons. The highest BCUT2D eigenvalue weighted by Gasteiger charge is 2.39. The standard InChI is InChI=1S/C21H22N4O2/c1-15(26)20-23-11-12-25(20)14-18-13-19(27-24-18)17-5-3-16(4-6-17)7-8-21(22-2)9-10-21/h3-6,11-13,15,22,26H,9-10,14H2,1-2H3/t15-/m0/s1. The Morgan fingerprint density at radius 2 is 2.11 bits per heavy atom. The van der Waals surface area contributed by atoms with Crippen molar-refractivity contribution >= 4 is 0 Å². The molecule has 0 bridgehead atoms. The average molecular weight is 362 g/mol. The number of nitrogens with zero attached hydrogens (tertiary/aromatic N) is 3. The highest BCUT2D eigenvalue weighted by molar-refractivity contribution is 5.59. The largest absolute Gasteiger partial charge is 0.385 e. The van der Waals surface area contributed by atoms with Gasteiger partial charge in [-0.05, 0) is 51.1 Å². The monoisotopic (exact) mass is 362 g/mol. The van der Waals surface area contributed by atoms with Crippen molar-refractivity contribution in [1.29, 1.82) is 0 Å². The summed E-state index contributed by atoms with van der Waals surface area (Å²) in [5.74, 6) is 7.86. The second kappa shape index (κ2) is 7.03. The summed E-state index contributed by atoms with van der Waals surface area (Å²) in [6.07, 6.45) is 5.09. The molecule has 0 aliphatic heterocycles. The van der Waals surface area contributed by atoms with Crippen molar-refractivity contribution in [3.8, 4) is 23.2 Å². The van der Waals surface area contributed by atoms with Crippen LogP contribution in [0.4, 0.5) is 0 Å². The molecule has 27 heavy (non-hydrogen) atoms. The van der Waals surface area contributed by atoms with E-state index in [1.165, 1.54) is 0 Å². The maximum absolute atomic E-state index is 9.75. The molecule has 3 aromatic rings. The van der Waals surface area contributed by atoms with E-state index >= 15 is 0 Å². The predicted octanol–water partition coefficient (Wildman–Crippen LogP) is 2.74. The molecule has 2 heterocycles. The summed E-state index contributed by atoms with van der Waals surface area (Å²) < 4.78 is 7.35. The van der Waals surface area contributed by atoms with Crippen LogP contribution < -0.4 is 5.32 Å². The van der Waals surface area contributed by atoms with Gasteiger partial charge in [0.25, 0.3) is 0 Å². The fraction of sp³-hybridized carbons (Fsp3) is 0.333. The molecule has 6 nitrogen and oxygen atoms in total. The van der Waals surface area contributed by atoms with Crippen LogP contribution in [-0.4, -0.2) is 32.4 Å². The summed E-state index contributed by atoms with van der Waals surface area (Å²) in [5, 5.41) is 17.2. The summed E-state index contributed by atoms with van der Waals surface area (Å²) >= 11 is 0. The molecule has 1 saturated carbocycles. The van der Waals surface area contributed by atoms with Gasteiger partial charge in [-0.3, -0.25) is 0 Å². The number of rotatable bonds is 5. The molecule has 0 spiro atoms. The highest BCUT2D eigenvalue weighted by Crippen LogP contribution is 2.33. The summed E-state index contributed by atoms with van der Waals surface area (Å²) in [4.78, 5) is 4.17.